The first-order chi connectivity index (χ1) is 13.2. The van der Waals surface area contributed by atoms with Crippen LogP contribution in [0.4, 0.5) is 5.82 Å². The first-order valence-electron chi connectivity index (χ1n) is 9.35. The lowest BCUT2D eigenvalue weighted by Gasteiger charge is -2.29. The maximum Gasteiger partial charge on any atom is 0.157 e. The van der Waals surface area contributed by atoms with E-state index in [0.717, 1.165) is 35.2 Å². The zero-order chi connectivity index (χ0) is 18.5. The molecule has 5 rings (SSSR count). The maximum absolute atomic E-state index is 9.81. The van der Waals surface area contributed by atoms with Gasteiger partial charge in [0.2, 0.25) is 0 Å². The summed E-state index contributed by atoms with van der Waals surface area (Å²) in [7, 11) is 0. The van der Waals surface area contributed by atoms with Gasteiger partial charge in [0, 0.05) is 6.54 Å². The molecule has 4 aromatic rings. The van der Waals surface area contributed by atoms with Gasteiger partial charge < -0.3 is 4.90 Å². The highest BCUT2D eigenvalue weighted by atomic mass is 15.3. The van der Waals surface area contributed by atoms with E-state index in [1.807, 2.05) is 18.2 Å². The lowest BCUT2D eigenvalue weighted by molar-refractivity contribution is 0.687. The second-order valence-electron chi connectivity index (χ2n) is 7.20. The molecule has 0 saturated heterocycles. The minimum Gasteiger partial charge on any atom is -0.350 e. The summed E-state index contributed by atoms with van der Waals surface area (Å²) in [6.45, 7) is 5.26. The van der Waals surface area contributed by atoms with Gasteiger partial charge in [-0.25, -0.2) is 4.98 Å². The molecule has 0 saturated carbocycles. The highest BCUT2D eigenvalue weighted by Crippen LogP contribution is 2.40. The lowest BCUT2D eigenvalue weighted by atomic mass is 10.0. The van der Waals surface area contributed by atoms with Gasteiger partial charge in [-0.3, -0.25) is 4.40 Å². The predicted octanol–water partition coefficient (Wildman–Crippen LogP) is 4.79. The van der Waals surface area contributed by atoms with E-state index < -0.39 is 0 Å². The fourth-order valence-electron chi connectivity index (χ4n) is 4.39. The van der Waals surface area contributed by atoms with E-state index in [2.05, 4.69) is 65.6 Å². The number of fused-ring (bicyclic) bond motifs is 5. The second kappa shape index (κ2) is 5.85. The molecule has 27 heavy (non-hydrogen) atoms. The van der Waals surface area contributed by atoms with Crippen LogP contribution in [0.25, 0.3) is 16.7 Å². The number of para-hydroxylation sites is 2. The number of nitrogens with zero attached hydrogens (tertiary/aromatic N) is 4. The van der Waals surface area contributed by atoms with Crippen molar-refractivity contribution >= 4 is 22.5 Å². The molecule has 4 heteroatoms. The average molecular weight is 352 g/mol. The third kappa shape index (κ3) is 2.18. The fourth-order valence-corrected chi connectivity index (χ4v) is 4.39. The van der Waals surface area contributed by atoms with Crippen molar-refractivity contribution < 1.29 is 0 Å². The molecule has 1 aliphatic rings. The Bertz CT molecular complexity index is 1210. The molecule has 0 fully saturated rings. The number of pyridine rings is 1. The number of benzene rings is 2. The predicted molar refractivity (Wildman–Crippen MR) is 108 cm³/mol. The Morgan fingerprint density at radius 1 is 1.07 bits per heavy atom. The van der Waals surface area contributed by atoms with Crippen molar-refractivity contribution in [3.8, 4) is 6.07 Å². The summed E-state index contributed by atoms with van der Waals surface area (Å²) in [6, 6.07) is 21.4. The zero-order valence-corrected chi connectivity index (χ0v) is 15.5. The van der Waals surface area contributed by atoms with Crippen LogP contribution in [0.1, 0.15) is 35.2 Å². The molecule has 0 spiro atoms. The van der Waals surface area contributed by atoms with E-state index in [0.29, 0.717) is 5.56 Å². The number of imidazole rings is 1. The minimum atomic E-state index is 0.254. The summed E-state index contributed by atoms with van der Waals surface area (Å²) in [5.41, 5.74) is 7.09. The molecule has 3 heterocycles. The third-order valence-electron chi connectivity index (χ3n) is 5.83. The highest BCUT2D eigenvalue weighted by Gasteiger charge is 2.31. The molecule has 0 amide bonds. The quantitative estimate of drug-likeness (QED) is 0.521. The van der Waals surface area contributed by atoms with Gasteiger partial charge in [-0.2, -0.15) is 5.26 Å². The SMILES string of the molecule is Cc1c2c(n3c(nc4ccccc43)c1C#N)N([C@@H](C)c1ccccc1)CC2. The van der Waals surface area contributed by atoms with Crippen LogP contribution in [-0.2, 0) is 6.42 Å². The van der Waals surface area contributed by atoms with Gasteiger partial charge in [0.25, 0.3) is 0 Å². The van der Waals surface area contributed by atoms with Crippen LogP contribution in [0.15, 0.2) is 54.6 Å². The fraction of sp³-hybridized carbons (Fsp3) is 0.217. The van der Waals surface area contributed by atoms with Crippen molar-refractivity contribution in [2.75, 3.05) is 11.4 Å². The third-order valence-corrected chi connectivity index (χ3v) is 5.83. The topological polar surface area (TPSA) is 44.3 Å². The molecule has 0 unspecified atom stereocenters. The van der Waals surface area contributed by atoms with Gasteiger partial charge >= 0.3 is 0 Å². The Morgan fingerprint density at radius 3 is 2.59 bits per heavy atom. The number of anilines is 1. The van der Waals surface area contributed by atoms with E-state index in [9.17, 15) is 5.26 Å². The standard InChI is InChI=1S/C23H20N4/c1-15-18-12-13-26(16(2)17-8-4-3-5-9-17)23(18)27-21-11-7-6-10-20(21)25-22(27)19(15)14-24/h3-11,16H,12-13H2,1-2H3/t16-/m0/s1. The Labute approximate surface area is 158 Å². The van der Waals surface area contributed by atoms with E-state index in [1.165, 1.54) is 16.9 Å². The summed E-state index contributed by atoms with van der Waals surface area (Å²) in [5.74, 6) is 1.19. The van der Waals surface area contributed by atoms with Gasteiger partial charge in [0.15, 0.2) is 5.65 Å². The lowest BCUT2D eigenvalue weighted by Crippen LogP contribution is -2.26. The van der Waals surface area contributed by atoms with Gasteiger partial charge in [-0.05, 0) is 49.1 Å². The normalized spacial score (nSPS) is 14.5. The summed E-state index contributed by atoms with van der Waals surface area (Å²) in [6.07, 6.45) is 0.954. The minimum absolute atomic E-state index is 0.254. The number of hydrogen-bond acceptors (Lipinski definition) is 3. The molecule has 132 valence electrons. The van der Waals surface area contributed by atoms with Crippen molar-refractivity contribution in [2.24, 2.45) is 0 Å². The van der Waals surface area contributed by atoms with Crippen molar-refractivity contribution in [3.05, 3.63) is 76.9 Å². The van der Waals surface area contributed by atoms with Crippen molar-refractivity contribution in [1.29, 1.82) is 5.26 Å². The van der Waals surface area contributed by atoms with Gasteiger partial charge in [-0.1, -0.05) is 42.5 Å². The monoisotopic (exact) mass is 352 g/mol. The number of hydrogen-bond donors (Lipinski definition) is 0. The number of aromatic nitrogens is 2. The summed E-state index contributed by atoms with van der Waals surface area (Å²) in [5, 5.41) is 9.81. The molecule has 2 aromatic carbocycles. The van der Waals surface area contributed by atoms with Crippen LogP contribution in [0.5, 0.6) is 0 Å². The van der Waals surface area contributed by atoms with Crippen LogP contribution in [0.3, 0.4) is 0 Å². The molecular formula is C23H20N4. The van der Waals surface area contributed by atoms with E-state index in [1.54, 1.807) is 0 Å². The molecule has 2 aromatic heterocycles. The summed E-state index contributed by atoms with van der Waals surface area (Å²) >= 11 is 0. The molecule has 1 aliphatic heterocycles. The van der Waals surface area contributed by atoms with Crippen molar-refractivity contribution in [3.63, 3.8) is 0 Å². The van der Waals surface area contributed by atoms with Crippen LogP contribution < -0.4 is 4.90 Å². The van der Waals surface area contributed by atoms with Crippen LogP contribution in [-0.4, -0.2) is 15.9 Å². The van der Waals surface area contributed by atoms with Crippen LogP contribution >= 0.6 is 0 Å². The van der Waals surface area contributed by atoms with Gasteiger partial charge in [0.05, 0.1) is 22.6 Å². The Kier molecular flexibility index (Phi) is 3.45. The Hall–Kier alpha value is -3.32. The average Bonchev–Trinajstić information content (AvgIpc) is 3.30. The zero-order valence-electron chi connectivity index (χ0n) is 15.5. The van der Waals surface area contributed by atoms with Crippen molar-refractivity contribution in [1.82, 2.24) is 9.38 Å². The molecule has 0 radical (unpaired) electrons. The number of rotatable bonds is 2. The largest absolute Gasteiger partial charge is 0.350 e. The molecule has 0 bridgehead atoms. The first-order valence-corrected chi connectivity index (χ1v) is 9.35. The molecular weight excluding hydrogens is 332 g/mol. The highest BCUT2D eigenvalue weighted by molar-refractivity contribution is 5.87. The maximum atomic E-state index is 9.81. The molecule has 4 nitrogen and oxygen atoms in total. The Morgan fingerprint density at radius 2 is 1.81 bits per heavy atom. The van der Waals surface area contributed by atoms with Crippen molar-refractivity contribution in [2.45, 2.75) is 26.3 Å². The smallest absolute Gasteiger partial charge is 0.157 e. The second-order valence-corrected chi connectivity index (χ2v) is 7.20. The number of nitriles is 1. The van der Waals surface area contributed by atoms with E-state index in [-0.39, 0.29) is 6.04 Å². The summed E-state index contributed by atoms with van der Waals surface area (Å²) in [4.78, 5) is 7.26. The Balaban J connectivity index is 1.84. The van der Waals surface area contributed by atoms with Crippen LogP contribution in [0, 0.1) is 18.3 Å². The summed E-state index contributed by atoms with van der Waals surface area (Å²) < 4.78 is 2.20. The molecule has 0 aliphatic carbocycles. The molecule has 1 atom stereocenters. The van der Waals surface area contributed by atoms with Gasteiger partial charge in [-0.15, -0.1) is 0 Å². The van der Waals surface area contributed by atoms with Gasteiger partial charge in [0.1, 0.15) is 11.9 Å². The van der Waals surface area contributed by atoms with E-state index in [4.69, 9.17) is 4.98 Å². The molecule has 0 N–H and O–H groups in total. The van der Waals surface area contributed by atoms with E-state index >= 15 is 0 Å². The first kappa shape index (κ1) is 15.9. The van der Waals surface area contributed by atoms with Crippen LogP contribution in [0.2, 0.25) is 0 Å².